The van der Waals surface area contributed by atoms with Gasteiger partial charge in [-0.3, -0.25) is 0 Å². The highest BCUT2D eigenvalue weighted by Gasteiger charge is 2.22. The van der Waals surface area contributed by atoms with Crippen LogP contribution in [-0.4, -0.2) is 6.04 Å². The van der Waals surface area contributed by atoms with Crippen LogP contribution < -0.4 is 3.11 Å². The van der Waals surface area contributed by atoms with Crippen LogP contribution >= 0.6 is 22.9 Å². The van der Waals surface area contributed by atoms with Gasteiger partial charge >= 0.3 is 0 Å². The van der Waals surface area contributed by atoms with Crippen molar-refractivity contribution >= 4 is 28.6 Å². The largest absolute Gasteiger partial charge is 0.311 e. The number of benzene rings is 1. The molecule has 0 aliphatic carbocycles. The van der Waals surface area contributed by atoms with Crippen LogP contribution in [0, 0.1) is 0 Å². The van der Waals surface area contributed by atoms with Crippen molar-refractivity contribution in [3.8, 4) is 0 Å². The number of hydrogen-bond acceptors (Lipinski definition) is 1. The number of para-hydroxylation sites is 1. The molecule has 1 heterocycles. The first-order chi connectivity index (χ1) is 5.29. The van der Waals surface area contributed by atoms with E-state index in [1.807, 2.05) is 0 Å². The van der Waals surface area contributed by atoms with E-state index in [1.54, 1.807) is 0 Å². The first kappa shape index (κ1) is 7.40. The first-order valence-electron chi connectivity index (χ1n) is 3.82. The second kappa shape index (κ2) is 2.66. The van der Waals surface area contributed by atoms with E-state index in [9.17, 15) is 0 Å². The van der Waals surface area contributed by atoms with Crippen molar-refractivity contribution < 1.29 is 0 Å². The highest BCUT2D eigenvalue weighted by molar-refractivity contribution is 14.1. The summed E-state index contributed by atoms with van der Waals surface area (Å²) < 4.78 is 2.31. The lowest BCUT2D eigenvalue weighted by Gasteiger charge is -2.14. The molecule has 1 atom stereocenters. The Labute approximate surface area is 80.9 Å². The molecule has 0 N–H and O–H groups in total. The highest BCUT2D eigenvalue weighted by atomic mass is 127. The molecule has 58 valence electrons. The summed E-state index contributed by atoms with van der Waals surface area (Å²) in [6.07, 6.45) is 1.19. The maximum Gasteiger partial charge on any atom is 0.0594 e. The molecular weight excluding hydrogens is 249 g/mol. The van der Waals surface area contributed by atoms with Gasteiger partial charge in [-0.05, 0) is 25.0 Å². The van der Waals surface area contributed by atoms with Crippen molar-refractivity contribution in [3.05, 3.63) is 29.8 Å². The molecule has 0 amide bonds. The minimum atomic E-state index is 0.660. The number of nitrogens with zero attached hydrogens (tertiary/aromatic N) is 1. The Balaban J connectivity index is 2.47. The van der Waals surface area contributed by atoms with Crippen LogP contribution in [0.3, 0.4) is 0 Å². The van der Waals surface area contributed by atoms with Gasteiger partial charge in [-0.15, -0.1) is 0 Å². The topological polar surface area (TPSA) is 3.24 Å². The van der Waals surface area contributed by atoms with E-state index in [4.69, 9.17) is 0 Å². The zero-order chi connectivity index (χ0) is 7.84. The fourth-order valence-electron chi connectivity index (χ4n) is 1.53. The molecule has 0 spiro atoms. The van der Waals surface area contributed by atoms with Crippen molar-refractivity contribution in [3.63, 3.8) is 0 Å². The Morgan fingerprint density at radius 2 is 2.18 bits per heavy atom. The Morgan fingerprint density at radius 1 is 1.45 bits per heavy atom. The third-order valence-corrected chi connectivity index (χ3v) is 3.59. The van der Waals surface area contributed by atoms with Gasteiger partial charge in [0.1, 0.15) is 0 Å². The smallest absolute Gasteiger partial charge is 0.0594 e. The quantitative estimate of drug-likeness (QED) is 0.511. The molecule has 0 saturated heterocycles. The molecule has 0 radical (unpaired) electrons. The zero-order valence-corrected chi connectivity index (χ0v) is 8.58. The van der Waals surface area contributed by atoms with Crippen LogP contribution in [-0.2, 0) is 6.42 Å². The maximum atomic E-state index is 2.38. The van der Waals surface area contributed by atoms with Crippen LogP contribution in [0.5, 0.6) is 0 Å². The van der Waals surface area contributed by atoms with Crippen molar-refractivity contribution in [1.29, 1.82) is 0 Å². The molecule has 1 aliphatic rings. The molecule has 1 aliphatic heterocycles. The highest BCUT2D eigenvalue weighted by Crippen LogP contribution is 2.34. The van der Waals surface area contributed by atoms with E-state index in [0.29, 0.717) is 6.04 Å². The predicted molar refractivity (Wildman–Crippen MR) is 56.1 cm³/mol. The van der Waals surface area contributed by atoms with Gasteiger partial charge in [0.15, 0.2) is 0 Å². The van der Waals surface area contributed by atoms with E-state index >= 15 is 0 Å². The molecule has 11 heavy (non-hydrogen) atoms. The lowest BCUT2D eigenvalue weighted by Crippen LogP contribution is -2.16. The summed E-state index contributed by atoms with van der Waals surface area (Å²) in [7, 11) is 0. The maximum absolute atomic E-state index is 2.38. The molecule has 0 fully saturated rings. The van der Waals surface area contributed by atoms with Gasteiger partial charge in [-0.25, -0.2) is 0 Å². The average Bonchev–Trinajstić information content (AvgIpc) is 2.30. The van der Waals surface area contributed by atoms with Crippen LogP contribution in [0.2, 0.25) is 0 Å². The number of rotatable bonds is 0. The van der Waals surface area contributed by atoms with Gasteiger partial charge in [0.05, 0.1) is 22.9 Å². The minimum Gasteiger partial charge on any atom is -0.311 e. The fraction of sp³-hybridized carbons (Fsp3) is 0.333. The number of halogens is 1. The van der Waals surface area contributed by atoms with Crippen molar-refractivity contribution in [1.82, 2.24) is 0 Å². The van der Waals surface area contributed by atoms with Gasteiger partial charge in [0.2, 0.25) is 0 Å². The molecule has 1 aromatic rings. The Hall–Kier alpha value is -0.250. The summed E-state index contributed by atoms with van der Waals surface area (Å²) in [6, 6.07) is 9.27. The van der Waals surface area contributed by atoms with Gasteiger partial charge in [-0.2, -0.15) is 0 Å². The third kappa shape index (κ3) is 1.13. The Bertz CT molecular complexity index is 272. The molecule has 1 aromatic carbocycles. The Morgan fingerprint density at radius 3 is 2.91 bits per heavy atom. The number of fused-ring (bicyclic) bond motifs is 1. The van der Waals surface area contributed by atoms with E-state index in [2.05, 4.69) is 57.2 Å². The monoisotopic (exact) mass is 259 g/mol. The molecular formula is C9H10IN. The van der Waals surface area contributed by atoms with Gasteiger partial charge in [0, 0.05) is 11.7 Å². The molecule has 0 saturated carbocycles. The van der Waals surface area contributed by atoms with Crippen LogP contribution in [0.4, 0.5) is 5.69 Å². The standard InChI is InChI=1S/C9H10IN/c1-7-6-8-4-2-3-5-9(8)11(7)10/h2-5,7H,6H2,1H3/t7-/m1/s1. The molecule has 0 unspecified atom stereocenters. The van der Waals surface area contributed by atoms with Crippen LogP contribution in [0.25, 0.3) is 0 Å². The lowest BCUT2D eigenvalue weighted by molar-refractivity contribution is 0.808. The fourth-order valence-corrected chi connectivity index (χ4v) is 2.20. The van der Waals surface area contributed by atoms with Crippen molar-refractivity contribution in [2.24, 2.45) is 0 Å². The summed E-state index contributed by atoms with van der Waals surface area (Å²) in [5, 5.41) is 0. The average molecular weight is 259 g/mol. The van der Waals surface area contributed by atoms with E-state index in [-0.39, 0.29) is 0 Å². The second-order valence-electron chi connectivity index (χ2n) is 2.99. The normalized spacial score (nSPS) is 22.0. The summed E-state index contributed by atoms with van der Waals surface area (Å²) in [5.41, 5.74) is 2.87. The van der Waals surface area contributed by atoms with E-state index in [0.717, 1.165) is 0 Å². The molecule has 1 nitrogen and oxygen atoms in total. The number of anilines is 1. The van der Waals surface area contributed by atoms with Crippen LogP contribution in [0.15, 0.2) is 24.3 Å². The second-order valence-corrected chi connectivity index (χ2v) is 4.03. The Kier molecular flexibility index (Phi) is 1.79. The van der Waals surface area contributed by atoms with Crippen molar-refractivity contribution in [2.45, 2.75) is 19.4 Å². The molecule has 2 rings (SSSR count). The van der Waals surface area contributed by atoms with Crippen LogP contribution in [0.1, 0.15) is 12.5 Å². The van der Waals surface area contributed by atoms with Gasteiger partial charge in [-0.1, -0.05) is 18.2 Å². The lowest BCUT2D eigenvalue weighted by atomic mass is 10.1. The third-order valence-electron chi connectivity index (χ3n) is 2.12. The van der Waals surface area contributed by atoms with Crippen molar-refractivity contribution in [2.75, 3.05) is 3.11 Å². The van der Waals surface area contributed by atoms with Gasteiger partial charge < -0.3 is 3.11 Å². The van der Waals surface area contributed by atoms with E-state index in [1.165, 1.54) is 17.7 Å². The summed E-state index contributed by atoms with van der Waals surface area (Å²) in [6.45, 7) is 2.26. The summed E-state index contributed by atoms with van der Waals surface area (Å²) in [4.78, 5) is 0. The first-order valence-corrected chi connectivity index (χ1v) is 4.78. The molecule has 0 aromatic heterocycles. The summed E-state index contributed by atoms with van der Waals surface area (Å²) >= 11 is 2.38. The summed E-state index contributed by atoms with van der Waals surface area (Å²) in [5.74, 6) is 0. The molecule has 0 bridgehead atoms. The van der Waals surface area contributed by atoms with E-state index < -0.39 is 0 Å². The zero-order valence-electron chi connectivity index (χ0n) is 6.42. The SMILES string of the molecule is C[C@@H]1Cc2ccccc2N1I. The molecule has 2 heteroatoms. The minimum absolute atomic E-state index is 0.660. The number of hydrogen-bond donors (Lipinski definition) is 0. The van der Waals surface area contributed by atoms with Gasteiger partial charge in [0.25, 0.3) is 0 Å². The predicted octanol–water partition coefficient (Wildman–Crippen LogP) is 2.79.